The van der Waals surface area contributed by atoms with Gasteiger partial charge in [0.2, 0.25) is 0 Å². The Kier molecular flexibility index (Phi) is 4.02. The molecular weight excluding hydrogens is 266 g/mol. The van der Waals surface area contributed by atoms with E-state index < -0.39 is 0 Å². The highest BCUT2D eigenvalue weighted by Gasteiger charge is 2.09. The first kappa shape index (κ1) is 13.4. The zero-order valence-electron chi connectivity index (χ0n) is 11.8. The van der Waals surface area contributed by atoms with Gasteiger partial charge in [0.25, 0.3) is 0 Å². The Bertz CT molecular complexity index is 660. The summed E-state index contributed by atoms with van der Waals surface area (Å²) < 4.78 is 3.79. The van der Waals surface area contributed by atoms with Crippen molar-refractivity contribution in [1.82, 2.24) is 35.1 Å². The van der Waals surface area contributed by atoms with E-state index in [9.17, 15) is 0 Å². The molecule has 0 saturated heterocycles. The molecule has 2 heterocycles. The summed E-state index contributed by atoms with van der Waals surface area (Å²) in [5.74, 6) is 0.790. The van der Waals surface area contributed by atoms with Crippen LogP contribution in [0, 0.1) is 0 Å². The summed E-state index contributed by atoms with van der Waals surface area (Å²) >= 11 is 0. The van der Waals surface area contributed by atoms with Gasteiger partial charge in [0.1, 0.15) is 0 Å². The highest BCUT2D eigenvalue weighted by molar-refractivity contribution is 5.30. The Labute approximate surface area is 122 Å². The SMILES string of the molecule is CC(Cn1ccnc1)NCc1nnnn1-c1ccccc1. The second-order valence-corrected chi connectivity index (χ2v) is 4.88. The second-order valence-electron chi connectivity index (χ2n) is 4.88. The number of tetrazole rings is 1. The molecule has 1 unspecified atom stereocenters. The van der Waals surface area contributed by atoms with Crippen LogP contribution in [0.4, 0.5) is 0 Å². The standard InChI is InChI=1S/C14H17N7/c1-12(10-20-8-7-15-11-20)16-9-14-17-18-19-21(14)13-5-3-2-4-6-13/h2-8,11-12,16H,9-10H2,1H3. The van der Waals surface area contributed by atoms with Crippen LogP contribution in [-0.4, -0.2) is 35.8 Å². The van der Waals surface area contributed by atoms with Gasteiger partial charge in [0.05, 0.1) is 18.6 Å². The van der Waals surface area contributed by atoms with Crippen molar-refractivity contribution in [2.75, 3.05) is 0 Å². The summed E-state index contributed by atoms with van der Waals surface area (Å²) in [5, 5.41) is 15.3. The van der Waals surface area contributed by atoms with Gasteiger partial charge in [-0.25, -0.2) is 4.98 Å². The van der Waals surface area contributed by atoms with Gasteiger partial charge in [-0.2, -0.15) is 4.68 Å². The Hall–Kier alpha value is -2.54. The van der Waals surface area contributed by atoms with Crippen molar-refractivity contribution in [2.24, 2.45) is 0 Å². The van der Waals surface area contributed by atoms with E-state index >= 15 is 0 Å². The summed E-state index contributed by atoms with van der Waals surface area (Å²) in [6, 6.07) is 10.2. The number of nitrogens with one attached hydrogen (secondary N) is 1. The zero-order chi connectivity index (χ0) is 14.5. The third-order valence-electron chi connectivity index (χ3n) is 3.19. The van der Waals surface area contributed by atoms with Gasteiger partial charge >= 0.3 is 0 Å². The second kappa shape index (κ2) is 6.27. The predicted molar refractivity (Wildman–Crippen MR) is 77.7 cm³/mol. The lowest BCUT2D eigenvalue weighted by molar-refractivity contribution is 0.466. The molecule has 0 fully saturated rings. The summed E-state index contributed by atoms with van der Waals surface area (Å²) in [6.45, 7) is 3.58. The Morgan fingerprint density at radius 3 is 2.86 bits per heavy atom. The number of aromatic nitrogens is 6. The maximum Gasteiger partial charge on any atom is 0.170 e. The third-order valence-corrected chi connectivity index (χ3v) is 3.19. The molecule has 1 N–H and O–H groups in total. The van der Waals surface area contributed by atoms with E-state index in [1.807, 2.05) is 47.4 Å². The fraction of sp³-hybridized carbons (Fsp3) is 0.286. The number of nitrogens with zero attached hydrogens (tertiary/aromatic N) is 6. The van der Waals surface area contributed by atoms with Crippen molar-refractivity contribution in [3.05, 3.63) is 54.9 Å². The molecule has 3 aromatic rings. The molecule has 7 nitrogen and oxygen atoms in total. The number of hydrogen-bond acceptors (Lipinski definition) is 5. The lowest BCUT2D eigenvalue weighted by Crippen LogP contribution is -2.30. The van der Waals surface area contributed by atoms with E-state index in [4.69, 9.17) is 0 Å². The van der Waals surface area contributed by atoms with Gasteiger partial charge in [-0.15, -0.1) is 5.10 Å². The van der Waals surface area contributed by atoms with Crippen LogP contribution in [0.25, 0.3) is 5.69 Å². The molecule has 0 bridgehead atoms. The molecule has 0 aliphatic heterocycles. The van der Waals surface area contributed by atoms with Crippen molar-refractivity contribution in [3.8, 4) is 5.69 Å². The largest absolute Gasteiger partial charge is 0.336 e. The number of para-hydroxylation sites is 1. The predicted octanol–water partition coefficient (Wildman–Crippen LogP) is 1.04. The summed E-state index contributed by atoms with van der Waals surface area (Å²) in [7, 11) is 0. The smallest absolute Gasteiger partial charge is 0.170 e. The van der Waals surface area contributed by atoms with Crippen LogP contribution in [0.3, 0.4) is 0 Å². The summed E-state index contributed by atoms with van der Waals surface area (Å²) in [5.41, 5.74) is 0.960. The van der Waals surface area contributed by atoms with E-state index in [0.717, 1.165) is 18.1 Å². The number of hydrogen-bond donors (Lipinski definition) is 1. The Balaban J connectivity index is 1.62. The molecule has 0 spiro atoms. The number of rotatable bonds is 6. The molecule has 7 heteroatoms. The molecule has 0 amide bonds. The number of benzene rings is 1. The van der Waals surface area contributed by atoms with Gasteiger partial charge < -0.3 is 9.88 Å². The quantitative estimate of drug-likeness (QED) is 0.731. The molecule has 0 saturated carbocycles. The number of imidazole rings is 1. The highest BCUT2D eigenvalue weighted by atomic mass is 15.5. The molecule has 0 aliphatic carbocycles. The van der Waals surface area contributed by atoms with Crippen LogP contribution in [0.2, 0.25) is 0 Å². The van der Waals surface area contributed by atoms with Crippen molar-refractivity contribution in [3.63, 3.8) is 0 Å². The molecule has 108 valence electrons. The molecule has 2 aromatic heterocycles. The first-order valence-electron chi connectivity index (χ1n) is 6.85. The minimum absolute atomic E-state index is 0.292. The lowest BCUT2D eigenvalue weighted by atomic mass is 10.3. The normalized spacial score (nSPS) is 12.4. The van der Waals surface area contributed by atoms with Crippen LogP contribution in [0.15, 0.2) is 49.1 Å². The van der Waals surface area contributed by atoms with Gasteiger partial charge in [-0.1, -0.05) is 18.2 Å². The van der Waals surface area contributed by atoms with Crippen LogP contribution < -0.4 is 5.32 Å². The van der Waals surface area contributed by atoms with E-state index in [1.165, 1.54) is 0 Å². The highest BCUT2D eigenvalue weighted by Crippen LogP contribution is 2.06. The molecule has 1 atom stereocenters. The Morgan fingerprint density at radius 2 is 2.10 bits per heavy atom. The molecule has 0 radical (unpaired) electrons. The van der Waals surface area contributed by atoms with Crippen molar-refractivity contribution < 1.29 is 0 Å². The maximum atomic E-state index is 4.08. The summed E-state index contributed by atoms with van der Waals surface area (Å²) in [4.78, 5) is 4.04. The topological polar surface area (TPSA) is 73.5 Å². The first-order valence-corrected chi connectivity index (χ1v) is 6.85. The van der Waals surface area contributed by atoms with Gasteiger partial charge in [-0.05, 0) is 29.5 Å². The zero-order valence-corrected chi connectivity index (χ0v) is 11.8. The van der Waals surface area contributed by atoms with Crippen LogP contribution in [0.5, 0.6) is 0 Å². The van der Waals surface area contributed by atoms with Crippen molar-refractivity contribution in [1.29, 1.82) is 0 Å². The first-order chi connectivity index (χ1) is 10.3. The van der Waals surface area contributed by atoms with Crippen molar-refractivity contribution in [2.45, 2.75) is 26.1 Å². The van der Waals surface area contributed by atoms with E-state index in [1.54, 1.807) is 10.9 Å². The lowest BCUT2D eigenvalue weighted by Gasteiger charge is -2.14. The van der Waals surface area contributed by atoms with Gasteiger partial charge in [0, 0.05) is 25.0 Å². The van der Waals surface area contributed by atoms with Gasteiger partial charge in [0.15, 0.2) is 5.82 Å². The fourth-order valence-electron chi connectivity index (χ4n) is 2.13. The Morgan fingerprint density at radius 1 is 1.24 bits per heavy atom. The molecule has 3 rings (SSSR count). The summed E-state index contributed by atoms with van der Waals surface area (Å²) in [6.07, 6.45) is 5.54. The minimum atomic E-state index is 0.292. The monoisotopic (exact) mass is 283 g/mol. The minimum Gasteiger partial charge on any atom is -0.336 e. The molecule has 0 aliphatic rings. The van der Waals surface area contributed by atoms with E-state index in [2.05, 4.69) is 32.7 Å². The average molecular weight is 283 g/mol. The molecular formula is C14H17N7. The molecule has 1 aromatic carbocycles. The van der Waals surface area contributed by atoms with Crippen LogP contribution >= 0.6 is 0 Å². The van der Waals surface area contributed by atoms with Crippen LogP contribution in [0.1, 0.15) is 12.7 Å². The third kappa shape index (κ3) is 3.32. The average Bonchev–Trinajstić information content (AvgIpc) is 3.17. The van der Waals surface area contributed by atoms with Crippen molar-refractivity contribution >= 4 is 0 Å². The fourth-order valence-corrected chi connectivity index (χ4v) is 2.13. The maximum absolute atomic E-state index is 4.08. The van der Waals surface area contributed by atoms with Gasteiger partial charge in [-0.3, -0.25) is 0 Å². The van der Waals surface area contributed by atoms with Crippen LogP contribution in [-0.2, 0) is 13.1 Å². The molecule has 21 heavy (non-hydrogen) atoms. The van der Waals surface area contributed by atoms with E-state index in [-0.39, 0.29) is 0 Å². The van der Waals surface area contributed by atoms with E-state index in [0.29, 0.717) is 12.6 Å².